The molecule has 2 N–H and O–H groups in total. The highest BCUT2D eigenvalue weighted by Gasteiger charge is 2.12. The second-order valence-electron chi connectivity index (χ2n) is 6.41. The molecule has 29 heavy (non-hydrogen) atoms. The van der Waals surface area contributed by atoms with Crippen LogP contribution in [-0.4, -0.2) is 13.6 Å². The molecule has 0 radical (unpaired) electrons. The summed E-state index contributed by atoms with van der Waals surface area (Å²) in [6.07, 6.45) is 0. The Morgan fingerprint density at radius 1 is 0.931 bits per heavy atom. The van der Waals surface area contributed by atoms with Crippen LogP contribution in [0.4, 0.5) is 11.4 Å². The van der Waals surface area contributed by atoms with Gasteiger partial charge in [-0.05, 0) is 67.1 Å². The van der Waals surface area contributed by atoms with E-state index in [1.54, 1.807) is 8.52 Å². The minimum atomic E-state index is 0.332. The molecule has 144 valence electrons. The molecule has 1 heterocycles. The number of nitrogens with one attached hydrogen (secondary N) is 2. The zero-order valence-corrected chi connectivity index (χ0v) is 17.4. The summed E-state index contributed by atoms with van der Waals surface area (Å²) in [5, 5.41) is 12.3. The van der Waals surface area contributed by atoms with Gasteiger partial charge in [0.1, 0.15) is 0 Å². The van der Waals surface area contributed by atoms with Gasteiger partial charge in [0, 0.05) is 5.69 Å². The van der Waals surface area contributed by atoms with Gasteiger partial charge in [-0.2, -0.15) is 0 Å². The third-order valence-corrected chi connectivity index (χ3v) is 5.53. The SMILES string of the molecule is Cc1ccc(NC(=S)n2sc(=N)n(-c3ccccc3)c2=Nc2ccccc2)cc1. The lowest BCUT2D eigenvalue weighted by molar-refractivity contribution is 0.859. The molecule has 4 rings (SSSR count). The highest BCUT2D eigenvalue weighted by atomic mass is 32.1. The topological polar surface area (TPSA) is 58.1 Å². The third-order valence-electron chi connectivity index (χ3n) is 4.25. The quantitative estimate of drug-likeness (QED) is 0.479. The number of hydrogen-bond acceptors (Lipinski definition) is 4. The van der Waals surface area contributed by atoms with Crippen molar-refractivity contribution < 1.29 is 0 Å². The zero-order chi connectivity index (χ0) is 20.2. The first-order valence-electron chi connectivity index (χ1n) is 9.05. The smallest absolute Gasteiger partial charge is 0.233 e. The molecule has 0 aliphatic rings. The summed E-state index contributed by atoms with van der Waals surface area (Å²) in [7, 11) is 0. The van der Waals surface area contributed by atoms with Crippen LogP contribution in [0, 0.1) is 12.3 Å². The number of hydrogen-bond donors (Lipinski definition) is 2. The van der Waals surface area contributed by atoms with Crippen molar-refractivity contribution in [2.75, 3.05) is 5.32 Å². The summed E-state index contributed by atoms with van der Waals surface area (Å²) in [5.74, 6) is 0. The van der Waals surface area contributed by atoms with E-state index in [1.807, 2.05) is 91.9 Å². The number of aromatic nitrogens is 2. The second kappa shape index (κ2) is 8.38. The van der Waals surface area contributed by atoms with Crippen molar-refractivity contribution in [3.63, 3.8) is 0 Å². The number of thiocarbonyl (C=S) groups is 1. The van der Waals surface area contributed by atoms with Gasteiger partial charge in [0.15, 0.2) is 5.11 Å². The molecular formula is C22H19N5S2. The molecule has 0 saturated heterocycles. The molecule has 1 aromatic heterocycles. The number of rotatable bonds is 3. The fourth-order valence-electron chi connectivity index (χ4n) is 2.82. The number of aryl methyl sites for hydroxylation is 1. The Kier molecular flexibility index (Phi) is 5.50. The average Bonchev–Trinajstić information content (AvgIpc) is 3.07. The molecule has 3 aromatic carbocycles. The molecule has 5 nitrogen and oxygen atoms in total. The van der Waals surface area contributed by atoms with Crippen molar-refractivity contribution in [1.29, 1.82) is 5.41 Å². The maximum absolute atomic E-state index is 8.55. The number of anilines is 1. The first kappa shape index (κ1) is 19.0. The minimum absolute atomic E-state index is 0.332. The lowest BCUT2D eigenvalue weighted by atomic mass is 10.2. The second-order valence-corrected chi connectivity index (χ2v) is 7.73. The number of benzene rings is 3. The van der Waals surface area contributed by atoms with E-state index in [-0.39, 0.29) is 0 Å². The summed E-state index contributed by atoms with van der Waals surface area (Å²) in [5.41, 5.74) is 4.30. The van der Waals surface area contributed by atoms with Crippen LogP contribution in [0.3, 0.4) is 0 Å². The molecule has 0 atom stereocenters. The van der Waals surface area contributed by atoms with E-state index in [0.29, 0.717) is 15.5 Å². The van der Waals surface area contributed by atoms with Crippen molar-refractivity contribution >= 4 is 40.2 Å². The normalized spacial score (nSPS) is 11.4. The highest BCUT2D eigenvalue weighted by Crippen LogP contribution is 2.12. The van der Waals surface area contributed by atoms with E-state index in [9.17, 15) is 0 Å². The first-order chi connectivity index (χ1) is 14.1. The minimum Gasteiger partial charge on any atom is -0.331 e. The summed E-state index contributed by atoms with van der Waals surface area (Å²) >= 11 is 6.90. The van der Waals surface area contributed by atoms with Crippen LogP contribution in [0.1, 0.15) is 5.56 Å². The van der Waals surface area contributed by atoms with E-state index in [4.69, 9.17) is 22.6 Å². The van der Waals surface area contributed by atoms with Crippen LogP contribution in [0.2, 0.25) is 0 Å². The van der Waals surface area contributed by atoms with Gasteiger partial charge >= 0.3 is 0 Å². The van der Waals surface area contributed by atoms with Crippen LogP contribution < -0.4 is 15.7 Å². The van der Waals surface area contributed by atoms with Crippen molar-refractivity contribution in [3.8, 4) is 5.69 Å². The zero-order valence-electron chi connectivity index (χ0n) is 15.7. The molecular weight excluding hydrogens is 398 g/mol. The Hall–Kier alpha value is -3.29. The fraction of sp³-hybridized carbons (Fsp3) is 0.0455. The van der Waals surface area contributed by atoms with E-state index in [0.717, 1.165) is 17.1 Å². The van der Waals surface area contributed by atoms with Gasteiger partial charge < -0.3 is 5.32 Å². The first-order valence-corrected chi connectivity index (χ1v) is 10.2. The van der Waals surface area contributed by atoms with Crippen LogP contribution in [0.15, 0.2) is 89.9 Å². The summed E-state index contributed by atoms with van der Waals surface area (Å²) < 4.78 is 3.57. The van der Waals surface area contributed by atoms with Gasteiger partial charge in [-0.25, -0.2) is 8.95 Å². The predicted octanol–water partition coefficient (Wildman–Crippen LogP) is 4.61. The summed E-state index contributed by atoms with van der Waals surface area (Å²) in [6, 6.07) is 27.4. The summed E-state index contributed by atoms with van der Waals surface area (Å²) in [4.78, 5) is 5.14. The van der Waals surface area contributed by atoms with Crippen molar-refractivity contribution in [2.45, 2.75) is 6.92 Å². The largest absolute Gasteiger partial charge is 0.331 e. The van der Waals surface area contributed by atoms with E-state index >= 15 is 0 Å². The Bertz CT molecular complexity index is 1250. The van der Waals surface area contributed by atoms with Gasteiger partial charge in [0.25, 0.3) is 0 Å². The molecule has 0 saturated carbocycles. The van der Waals surface area contributed by atoms with Gasteiger partial charge in [-0.3, -0.25) is 9.98 Å². The monoisotopic (exact) mass is 417 g/mol. The number of para-hydroxylation sites is 2. The van der Waals surface area contributed by atoms with Gasteiger partial charge in [-0.1, -0.05) is 54.1 Å². The molecule has 0 aliphatic carbocycles. The van der Waals surface area contributed by atoms with Crippen LogP contribution >= 0.6 is 23.8 Å². The maximum Gasteiger partial charge on any atom is 0.233 e. The Balaban J connectivity index is 1.86. The van der Waals surface area contributed by atoms with Crippen LogP contribution in [0.5, 0.6) is 0 Å². The van der Waals surface area contributed by atoms with Crippen molar-refractivity contribution in [1.82, 2.24) is 8.52 Å². The van der Waals surface area contributed by atoms with E-state index in [2.05, 4.69) is 5.32 Å². The van der Waals surface area contributed by atoms with E-state index < -0.39 is 0 Å². The molecule has 0 aliphatic heterocycles. The fourth-order valence-corrected chi connectivity index (χ4v) is 3.90. The maximum atomic E-state index is 8.55. The Morgan fingerprint density at radius 3 is 2.21 bits per heavy atom. The molecule has 0 spiro atoms. The lowest BCUT2D eigenvalue weighted by Gasteiger charge is -2.09. The van der Waals surface area contributed by atoms with Gasteiger partial charge in [0.2, 0.25) is 10.4 Å². The van der Waals surface area contributed by atoms with Crippen molar-refractivity contribution in [2.24, 2.45) is 4.99 Å². The lowest BCUT2D eigenvalue weighted by Crippen LogP contribution is -2.33. The highest BCUT2D eigenvalue weighted by molar-refractivity contribution is 7.80. The summed E-state index contributed by atoms with van der Waals surface area (Å²) in [6.45, 7) is 2.04. The average molecular weight is 418 g/mol. The standard InChI is InChI=1S/C22H19N5S2/c1-16-12-14-18(15-13-16)25-22(28)27-21(24-17-8-4-2-5-9-17)26(20(23)29-27)19-10-6-3-7-11-19/h2-15,23H,1H3,(H,25,28). The number of nitrogens with zero attached hydrogens (tertiary/aromatic N) is 3. The Labute approximate surface area is 177 Å². The predicted molar refractivity (Wildman–Crippen MR) is 122 cm³/mol. The van der Waals surface area contributed by atoms with Gasteiger partial charge in [0.05, 0.1) is 11.4 Å². The van der Waals surface area contributed by atoms with Gasteiger partial charge in [-0.15, -0.1) is 0 Å². The van der Waals surface area contributed by atoms with Crippen molar-refractivity contribution in [3.05, 3.63) is 101 Å². The third kappa shape index (κ3) is 4.26. The molecule has 0 fully saturated rings. The molecule has 0 amide bonds. The van der Waals surface area contributed by atoms with E-state index in [1.165, 1.54) is 17.1 Å². The van der Waals surface area contributed by atoms with Crippen LogP contribution in [0.25, 0.3) is 5.69 Å². The molecule has 0 bridgehead atoms. The molecule has 4 aromatic rings. The van der Waals surface area contributed by atoms with Crippen LogP contribution in [-0.2, 0) is 0 Å². The Morgan fingerprint density at radius 2 is 1.55 bits per heavy atom. The molecule has 7 heteroatoms. The molecule has 0 unspecified atom stereocenters.